The van der Waals surface area contributed by atoms with E-state index >= 15 is 0 Å². The fourth-order valence-electron chi connectivity index (χ4n) is 5.85. The molecule has 0 N–H and O–H groups in total. The highest BCUT2D eigenvalue weighted by Gasteiger charge is 2.16. The minimum absolute atomic E-state index is 0.761. The molecule has 0 radical (unpaired) electrons. The summed E-state index contributed by atoms with van der Waals surface area (Å²) >= 11 is 0. The van der Waals surface area contributed by atoms with Crippen molar-refractivity contribution in [1.29, 1.82) is 0 Å². The molecule has 6 nitrogen and oxygen atoms in total. The topological polar surface area (TPSA) is 49.4 Å². The Bertz CT molecular complexity index is 1790. The SMILES string of the molecule is CCc1cc(C(=CN(C=C(c2ccc(OC)cc2)c2ccc(OC)c(CC)c2)c2cccc(OC)c2)c2ccc(OC)cc2)ccc1OC. The number of hydrogen-bond donors (Lipinski definition) is 0. The second-order valence-corrected chi connectivity index (χ2v) is 11.4. The van der Waals surface area contributed by atoms with Crippen LogP contribution < -0.4 is 28.6 Å². The highest BCUT2D eigenvalue weighted by molar-refractivity contribution is 5.86. The molecule has 0 spiro atoms. The molecule has 49 heavy (non-hydrogen) atoms. The Balaban J connectivity index is 1.81. The molecule has 0 aliphatic rings. The third-order valence-corrected chi connectivity index (χ3v) is 8.63. The Morgan fingerprint density at radius 1 is 0.469 bits per heavy atom. The number of nitrogens with zero attached hydrogens (tertiary/aromatic N) is 1. The lowest BCUT2D eigenvalue weighted by molar-refractivity contribution is 0.410. The molecule has 0 aliphatic heterocycles. The zero-order chi connectivity index (χ0) is 34.8. The van der Waals surface area contributed by atoms with Crippen LogP contribution in [0.15, 0.2) is 122 Å². The number of methoxy groups -OCH3 is 5. The molecule has 5 aromatic carbocycles. The van der Waals surface area contributed by atoms with Gasteiger partial charge in [-0.25, -0.2) is 0 Å². The third kappa shape index (κ3) is 8.10. The Labute approximate surface area is 290 Å². The van der Waals surface area contributed by atoms with E-state index in [2.05, 4.69) is 85.7 Å². The molecule has 0 aromatic heterocycles. The van der Waals surface area contributed by atoms with Gasteiger partial charge < -0.3 is 28.6 Å². The average molecular weight is 656 g/mol. The lowest BCUT2D eigenvalue weighted by atomic mass is 9.94. The Morgan fingerprint density at radius 2 is 0.898 bits per heavy atom. The normalized spacial score (nSPS) is 11.6. The molecule has 0 bridgehead atoms. The van der Waals surface area contributed by atoms with Gasteiger partial charge in [0.1, 0.15) is 28.7 Å². The maximum Gasteiger partial charge on any atom is 0.122 e. The highest BCUT2D eigenvalue weighted by atomic mass is 16.5. The second kappa shape index (κ2) is 16.5. The first-order chi connectivity index (χ1) is 23.9. The van der Waals surface area contributed by atoms with Crippen LogP contribution in [0.5, 0.6) is 28.7 Å². The van der Waals surface area contributed by atoms with E-state index in [1.54, 1.807) is 35.5 Å². The van der Waals surface area contributed by atoms with E-state index in [0.29, 0.717) is 0 Å². The predicted octanol–water partition coefficient (Wildman–Crippen LogP) is 9.84. The monoisotopic (exact) mass is 655 g/mol. The van der Waals surface area contributed by atoms with Crippen LogP contribution in [0.3, 0.4) is 0 Å². The number of anilines is 1. The van der Waals surface area contributed by atoms with E-state index in [9.17, 15) is 0 Å². The molecule has 0 heterocycles. The molecular weight excluding hydrogens is 610 g/mol. The zero-order valence-corrected chi connectivity index (χ0v) is 29.4. The van der Waals surface area contributed by atoms with Gasteiger partial charge in [0.15, 0.2) is 0 Å². The van der Waals surface area contributed by atoms with Gasteiger partial charge in [-0.3, -0.25) is 0 Å². The Kier molecular flexibility index (Phi) is 11.7. The molecule has 0 saturated heterocycles. The average Bonchev–Trinajstić information content (AvgIpc) is 3.17. The number of rotatable bonds is 14. The minimum atomic E-state index is 0.761. The quantitative estimate of drug-likeness (QED) is 0.119. The lowest BCUT2D eigenvalue weighted by Crippen LogP contribution is -2.11. The van der Waals surface area contributed by atoms with E-state index < -0.39 is 0 Å². The van der Waals surface area contributed by atoms with Gasteiger partial charge in [-0.1, -0.05) is 56.3 Å². The number of benzene rings is 5. The summed E-state index contributed by atoms with van der Waals surface area (Å²) in [5.41, 5.74) is 9.45. The van der Waals surface area contributed by atoms with E-state index in [1.807, 2.05) is 54.6 Å². The summed E-state index contributed by atoms with van der Waals surface area (Å²) in [5, 5.41) is 0. The molecule has 0 saturated carbocycles. The first-order valence-electron chi connectivity index (χ1n) is 16.4. The first-order valence-corrected chi connectivity index (χ1v) is 16.4. The van der Waals surface area contributed by atoms with Crippen molar-refractivity contribution in [2.24, 2.45) is 0 Å². The molecule has 5 aromatic rings. The lowest BCUT2D eigenvalue weighted by Gasteiger charge is -2.23. The summed E-state index contributed by atoms with van der Waals surface area (Å²) in [4.78, 5) is 2.17. The van der Waals surface area contributed by atoms with Gasteiger partial charge in [-0.05, 0) is 107 Å². The van der Waals surface area contributed by atoms with Crippen LogP contribution in [0.4, 0.5) is 5.69 Å². The smallest absolute Gasteiger partial charge is 0.122 e. The molecule has 0 aliphatic carbocycles. The van der Waals surface area contributed by atoms with Gasteiger partial charge in [-0.2, -0.15) is 0 Å². The molecule has 0 fully saturated rings. The van der Waals surface area contributed by atoms with Crippen LogP contribution in [-0.2, 0) is 12.8 Å². The summed E-state index contributed by atoms with van der Waals surface area (Å²) in [6.45, 7) is 4.29. The van der Waals surface area contributed by atoms with Crippen molar-refractivity contribution in [3.63, 3.8) is 0 Å². The first kappa shape index (κ1) is 34.7. The van der Waals surface area contributed by atoms with Crippen LogP contribution in [0.1, 0.15) is 47.2 Å². The Morgan fingerprint density at radius 3 is 1.29 bits per heavy atom. The number of hydrogen-bond acceptors (Lipinski definition) is 6. The summed E-state index contributed by atoms with van der Waals surface area (Å²) in [7, 11) is 8.48. The molecule has 0 amide bonds. The zero-order valence-electron chi connectivity index (χ0n) is 29.4. The van der Waals surface area contributed by atoms with Crippen molar-refractivity contribution in [2.45, 2.75) is 26.7 Å². The van der Waals surface area contributed by atoms with Crippen LogP contribution >= 0.6 is 0 Å². The van der Waals surface area contributed by atoms with Gasteiger partial charge in [0.05, 0.1) is 35.5 Å². The standard InChI is InChI=1S/C43H45NO5/c1-8-30-25-34(17-23-42(30)48-6)40(32-13-19-37(45-3)20-14-32)28-44(36-11-10-12-39(27-36)47-5)29-41(33-15-21-38(46-4)22-16-33)35-18-24-43(49-7)31(9-2)26-35/h10-29H,8-9H2,1-7H3. The maximum atomic E-state index is 5.70. The summed E-state index contributed by atoms with van der Waals surface area (Å²) in [6, 6.07) is 37.2. The van der Waals surface area contributed by atoms with E-state index in [4.69, 9.17) is 23.7 Å². The predicted molar refractivity (Wildman–Crippen MR) is 200 cm³/mol. The summed E-state index contributed by atoms with van der Waals surface area (Å²) in [6.07, 6.45) is 6.05. The van der Waals surface area contributed by atoms with Crippen molar-refractivity contribution < 1.29 is 23.7 Å². The van der Waals surface area contributed by atoms with Gasteiger partial charge in [0, 0.05) is 35.3 Å². The van der Waals surface area contributed by atoms with Crippen molar-refractivity contribution in [1.82, 2.24) is 0 Å². The van der Waals surface area contributed by atoms with Gasteiger partial charge >= 0.3 is 0 Å². The van der Waals surface area contributed by atoms with Crippen LogP contribution in [0.2, 0.25) is 0 Å². The fraction of sp³-hybridized carbons (Fsp3) is 0.209. The number of aryl methyl sites for hydroxylation is 2. The number of ether oxygens (including phenoxy) is 5. The second-order valence-electron chi connectivity index (χ2n) is 11.4. The highest BCUT2D eigenvalue weighted by Crippen LogP contribution is 2.35. The molecular formula is C43H45NO5. The largest absolute Gasteiger partial charge is 0.497 e. The van der Waals surface area contributed by atoms with Crippen molar-refractivity contribution in [3.8, 4) is 28.7 Å². The third-order valence-electron chi connectivity index (χ3n) is 8.63. The van der Waals surface area contributed by atoms with Crippen molar-refractivity contribution in [3.05, 3.63) is 155 Å². The van der Waals surface area contributed by atoms with Gasteiger partial charge in [0.2, 0.25) is 0 Å². The van der Waals surface area contributed by atoms with Crippen LogP contribution in [0, 0.1) is 0 Å². The molecule has 0 atom stereocenters. The van der Waals surface area contributed by atoms with Crippen molar-refractivity contribution >= 4 is 16.8 Å². The molecule has 0 unspecified atom stereocenters. The molecule has 252 valence electrons. The fourth-order valence-corrected chi connectivity index (χ4v) is 5.85. The van der Waals surface area contributed by atoms with E-state index in [-0.39, 0.29) is 0 Å². The minimum Gasteiger partial charge on any atom is -0.497 e. The van der Waals surface area contributed by atoms with Gasteiger partial charge in [0.25, 0.3) is 0 Å². The Hall–Kier alpha value is -5.62. The summed E-state index contributed by atoms with van der Waals surface area (Å²) < 4.78 is 28.1. The molecule has 5 rings (SSSR count). The van der Waals surface area contributed by atoms with Gasteiger partial charge in [-0.15, -0.1) is 0 Å². The van der Waals surface area contributed by atoms with Crippen LogP contribution in [0.25, 0.3) is 11.1 Å². The van der Waals surface area contributed by atoms with Crippen LogP contribution in [-0.4, -0.2) is 35.5 Å². The maximum absolute atomic E-state index is 5.70. The van der Waals surface area contributed by atoms with E-state index in [1.165, 1.54) is 0 Å². The van der Waals surface area contributed by atoms with Crippen molar-refractivity contribution in [2.75, 3.05) is 40.4 Å². The molecule has 6 heteroatoms. The summed E-state index contributed by atoms with van der Waals surface area (Å²) in [5.74, 6) is 4.10. The van der Waals surface area contributed by atoms with E-state index in [0.717, 1.165) is 91.8 Å².